The van der Waals surface area contributed by atoms with Gasteiger partial charge < -0.3 is 15.7 Å². The van der Waals surface area contributed by atoms with Gasteiger partial charge in [-0.25, -0.2) is 4.68 Å². The minimum atomic E-state index is -0.877. The summed E-state index contributed by atoms with van der Waals surface area (Å²) in [6, 6.07) is 10.3. The van der Waals surface area contributed by atoms with Crippen LogP contribution in [0.1, 0.15) is 80.8 Å². The average molecular weight is 411 g/mol. The van der Waals surface area contributed by atoms with E-state index in [0.29, 0.717) is 24.2 Å². The van der Waals surface area contributed by atoms with E-state index in [1.54, 1.807) is 6.20 Å². The van der Waals surface area contributed by atoms with Gasteiger partial charge in [-0.2, -0.15) is 5.10 Å². The van der Waals surface area contributed by atoms with Crippen LogP contribution in [0.15, 0.2) is 36.5 Å². The van der Waals surface area contributed by atoms with E-state index in [2.05, 4.69) is 41.7 Å². The van der Waals surface area contributed by atoms with Crippen molar-refractivity contribution in [2.24, 2.45) is 0 Å². The van der Waals surface area contributed by atoms with Gasteiger partial charge in [0.2, 0.25) is 0 Å². The largest absolute Gasteiger partial charge is 0.481 e. The van der Waals surface area contributed by atoms with Crippen LogP contribution in [0.3, 0.4) is 0 Å². The molecule has 1 aliphatic carbocycles. The molecule has 2 heterocycles. The Morgan fingerprint density at radius 3 is 2.57 bits per heavy atom. The fourth-order valence-electron chi connectivity index (χ4n) is 4.97. The molecule has 3 N–H and O–H groups in total. The van der Waals surface area contributed by atoms with E-state index in [4.69, 9.17) is 0 Å². The van der Waals surface area contributed by atoms with Gasteiger partial charge in [-0.3, -0.25) is 9.59 Å². The highest BCUT2D eigenvalue weighted by Crippen LogP contribution is 2.40. The number of carboxylic acid groups (broad SMARTS) is 1. The molecule has 0 bridgehead atoms. The lowest BCUT2D eigenvalue weighted by molar-refractivity contribution is -0.139. The van der Waals surface area contributed by atoms with Crippen LogP contribution in [0.4, 0.5) is 5.82 Å². The molecule has 1 aromatic heterocycles. The fraction of sp³-hybridized carbons (Fsp3) is 0.522. The van der Waals surface area contributed by atoms with Crippen molar-refractivity contribution in [1.82, 2.24) is 15.1 Å². The number of rotatable bonds is 5. The highest BCUT2D eigenvalue weighted by atomic mass is 16.4. The van der Waals surface area contributed by atoms with E-state index in [1.807, 2.05) is 22.9 Å². The Morgan fingerprint density at radius 1 is 1.20 bits per heavy atom. The molecule has 30 heavy (non-hydrogen) atoms. The first-order valence-electron chi connectivity index (χ1n) is 10.7. The van der Waals surface area contributed by atoms with E-state index < -0.39 is 11.5 Å². The summed E-state index contributed by atoms with van der Waals surface area (Å²) < 4.78 is 1.88. The number of carbonyl (C=O) groups is 2. The number of nitrogens with zero attached hydrogens (tertiary/aromatic N) is 2. The lowest BCUT2D eigenvalue weighted by Crippen LogP contribution is -2.51. The molecule has 1 atom stereocenters. The molecule has 4 rings (SSSR count). The quantitative estimate of drug-likeness (QED) is 0.690. The van der Waals surface area contributed by atoms with Crippen LogP contribution in [0.2, 0.25) is 0 Å². The van der Waals surface area contributed by atoms with Gasteiger partial charge in [-0.1, -0.05) is 49.6 Å². The zero-order valence-electron chi connectivity index (χ0n) is 17.6. The smallest absolute Gasteiger partial charge is 0.305 e. The predicted octanol–water partition coefficient (Wildman–Crippen LogP) is 4.08. The molecule has 0 saturated heterocycles. The van der Waals surface area contributed by atoms with Gasteiger partial charge in [0.1, 0.15) is 11.4 Å². The molecule has 0 spiro atoms. The van der Waals surface area contributed by atoms with E-state index in [9.17, 15) is 14.7 Å². The molecule has 7 heteroatoms. The molecule has 2 aliphatic rings. The molecule has 7 nitrogen and oxygen atoms in total. The average Bonchev–Trinajstić information content (AvgIpc) is 3.13. The number of aromatic nitrogens is 2. The summed E-state index contributed by atoms with van der Waals surface area (Å²) >= 11 is 0. The van der Waals surface area contributed by atoms with Crippen LogP contribution in [-0.4, -0.2) is 32.3 Å². The summed E-state index contributed by atoms with van der Waals surface area (Å²) in [5.41, 5.74) is 0.695. The Hall–Kier alpha value is -2.83. The second kappa shape index (κ2) is 7.78. The number of hydrogen-bond acceptors (Lipinski definition) is 4. The topological polar surface area (TPSA) is 96.2 Å². The first-order chi connectivity index (χ1) is 14.3. The molecule has 1 aliphatic heterocycles. The van der Waals surface area contributed by atoms with Gasteiger partial charge in [0, 0.05) is 0 Å². The maximum atomic E-state index is 13.3. The summed E-state index contributed by atoms with van der Waals surface area (Å²) in [6.45, 7) is 4.24. The van der Waals surface area contributed by atoms with E-state index >= 15 is 0 Å². The van der Waals surface area contributed by atoms with Gasteiger partial charge in [0.25, 0.3) is 5.91 Å². The van der Waals surface area contributed by atoms with Crippen molar-refractivity contribution in [2.45, 2.75) is 75.9 Å². The number of fused-ring (bicyclic) bond motifs is 1. The molecule has 1 saturated carbocycles. The Bertz CT molecular complexity index is 929. The summed E-state index contributed by atoms with van der Waals surface area (Å²) in [5, 5.41) is 20.5. The maximum absolute atomic E-state index is 13.3. The zero-order valence-corrected chi connectivity index (χ0v) is 17.6. The number of aliphatic carboxylic acids is 1. The number of anilines is 1. The van der Waals surface area contributed by atoms with Gasteiger partial charge in [-0.05, 0) is 38.7 Å². The molecule has 0 radical (unpaired) electrons. The summed E-state index contributed by atoms with van der Waals surface area (Å²) in [6.07, 6.45) is 6.73. The Balaban J connectivity index is 1.63. The van der Waals surface area contributed by atoms with Gasteiger partial charge >= 0.3 is 5.97 Å². The summed E-state index contributed by atoms with van der Waals surface area (Å²) in [7, 11) is 0. The molecule has 1 amide bonds. The molecule has 1 aromatic carbocycles. The minimum absolute atomic E-state index is 0.0478. The van der Waals surface area contributed by atoms with Crippen LogP contribution in [-0.2, 0) is 10.3 Å². The Morgan fingerprint density at radius 2 is 1.90 bits per heavy atom. The molecular weight excluding hydrogens is 380 g/mol. The number of benzene rings is 1. The highest BCUT2D eigenvalue weighted by Gasteiger charge is 2.40. The SMILES string of the molecule is CC1(C)CC(c2ccccc2)Nc2c(C(=O)NC3(CC(=O)O)CCCCC3)cnn21. The molecule has 1 unspecified atom stereocenters. The van der Waals surface area contributed by atoms with E-state index in [1.165, 1.54) is 5.56 Å². The Labute approximate surface area is 176 Å². The number of amides is 1. The standard InChI is InChI=1S/C23H30N4O3/c1-22(2)13-18(16-9-5-3-6-10-16)25-20-17(15-24-27(20)22)21(30)26-23(14-19(28)29)11-7-4-8-12-23/h3,5-6,9-10,15,18,25H,4,7-8,11-14H2,1-2H3,(H,26,30)(H,28,29). The first-order valence-corrected chi connectivity index (χ1v) is 10.7. The Kier molecular flexibility index (Phi) is 5.30. The van der Waals surface area contributed by atoms with Crippen LogP contribution in [0.25, 0.3) is 0 Å². The van der Waals surface area contributed by atoms with Crippen molar-refractivity contribution >= 4 is 17.7 Å². The van der Waals surface area contributed by atoms with Gasteiger partial charge in [-0.15, -0.1) is 0 Å². The lowest BCUT2D eigenvalue weighted by atomic mass is 9.79. The predicted molar refractivity (Wildman–Crippen MR) is 115 cm³/mol. The molecular formula is C23H30N4O3. The normalized spacial score (nSPS) is 21.9. The van der Waals surface area contributed by atoms with Crippen LogP contribution in [0.5, 0.6) is 0 Å². The van der Waals surface area contributed by atoms with Crippen molar-refractivity contribution < 1.29 is 14.7 Å². The van der Waals surface area contributed by atoms with E-state index in [0.717, 1.165) is 25.7 Å². The third kappa shape index (κ3) is 3.93. The number of carbonyl (C=O) groups excluding carboxylic acids is 1. The van der Waals surface area contributed by atoms with Crippen LogP contribution >= 0.6 is 0 Å². The number of hydrogen-bond donors (Lipinski definition) is 3. The monoisotopic (exact) mass is 410 g/mol. The fourth-order valence-corrected chi connectivity index (χ4v) is 4.97. The zero-order chi connectivity index (χ0) is 21.4. The van der Waals surface area contributed by atoms with Crippen molar-refractivity contribution in [3.8, 4) is 0 Å². The third-order valence-electron chi connectivity index (χ3n) is 6.48. The van der Waals surface area contributed by atoms with Crippen molar-refractivity contribution in [2.75, 3.05) is 5.32 Å². The van der Waals surface area contributed by atoms with Crippen LogP contribution in [0, 0.1) is 0 Å². The second-order valence-corrected chi connectivity index (χ2v) is 9.31. The lowest BCUT2D eigenvalue weighted by Gasteiger charge is -2.39. The second-order valence-electron chi connectivity index (χ2n) is 9.31. The van der Waals surface area contributed by atoms with Gasteiger partial charge in [0.05, 0.1) is 29.7 Å². The molecule has 2 aromatic rings. The van der Waals surface area contributed by atoms with E-state index in [-0.39, 0.29) is 23.9 Å². The van der Waals surface area contributed by atoms with Gasteiger partial charge in [0.15, 0.2) is 0 Å². The van der Waals surface area contributed by atoms with Crippen molar-refractivity contribution in [1.29, 1.82) is 0 Å². The van der Waals surface area contributed by atoms with Crippen LogP contribution < -0.4 is 10.6 Å². The molecule has 1 fully saturated rings. The summed E-state index contributed by atoms with van der Waals surface area (Å²) in [4.78, 5) is 24.8. The minimum Gasteiger partial charge on any atom is -0.481 e. The highest BCUT2D eigenvalue weighted by molar-refractivity contribution is 5.99. The maximum Gasteiger partial charge on any atom is 0.305 e. The third-order valence-corrected chi connectivity index (χ3v) is 6.48. The number of nitrogens with one attached hydrogen (secondary N) is 2. The molecule has 160 valence electrons. The van der Waals surface area contributed by atoms with Crippen molar-refractivity contribution in [3.05, 3.63) is 47.7 Å². The first kappa shape index (κ1) is 20.4. The number of carboxylic acids is 1. The summed E-state index contributed by atoms with van der Waals surface area (Å²) in [5.74, 6) is -0.437. The van der Waals surface area contributed by atoms with Crippen molar-refractivity contribution in [3.63, 3.8) is 0 Å².